The van der Waals surface area contributed by atoms with Crippen LogP contribution in [0.1, 0.15) is 32.0 Å². The first-order valence-corrected chi connectivity index (χ1v) is 6.50. The zero-order valence-corrected chi connectivity index (χ0v) is 10.2. The van der Waals surface area contributed by atoms with Gasteiger partial charge in [0.2, 0.25) is 0 Å². The van der Waals surface area contributed by atoms with Crippen molar-refractivity contribution in [2.45, 2.75) is 32.4 Å². The van der Waals surface area contributed by atoms with Crippen LogP contribution in [0.5, 0.6) is 0 Å². The molecule has 84 valence electrons. The van der Waals surface area contributed by atoms with E-state index in [4.69, 9.17) is 5.73 Å². The fourth-order valence-corrected chi connectivity index (χ4v) is 2.91. The largest absolute Gasteiger partial charge is 0.326 e. The van der Waals surface area contributed by atoms with Gasteiger partial charge in [-0.05, 0) is 12.3 Å². The summed E-state index contributed by atoms with van der Waals surface area (Å²) in [5.41, 5.74) is 9.21. The number of hydrogen-bond acceptors (Lipinski definition) is 4. The van der Waals surface area contributed by atoms with Crippen molar-refractivity contribution in [3.05, 3.63) is 16.6 Å². The highest BCUT2D eigenvalue weighted by Gasteiger charge is 2.34. The normalized spacial score (nSPS) is 27.7. The molecule has 1 aromatic heterocycles. The molecule has 0 amide bonds. The summed E-state index contributed by atoms with van der Waals surface area (Å²) in [5, 5.41) is 2.13. The van der Waals surface area contributed by atoms with E-state index in [-0.39, 0.29) is 6.04 Å². The second-order valence-electron chi connectivity index (χ2n) is 4.70. The first-order valence-electron chi connectivity index (χ1n) is 5.56. The molecule has 3 nitrogen and oxygen atoms in total. The molecule has 1 aromatic rings. The van der Waals surface area contributed by atoms with E-state index < -0.39 is 0 Å². The van der Waals surface area contributed by atoms with Crippen LogP contribution >= 0.6 is 11.3 Å². The average molecular weight is 225 g/mol. The van der Waals surface area contributed by atoms with Crippen molar-refractivity contribution in [2.24, 2.45) is 11.7 Å². The van der Waals surface area contributed by atoms with Crippen LogP contribution in [-0.4, -0.2) is 29.0 Å². The van der Waals surface area contributed by atoms with Crippen LogP contribution in [0.25, 0.3) is 0 Å². The maximum absolute atomic E-state index is 6.16. The van der Waals surface area contributed by atoms with Gasteiger partial charge in [-0.2, -0.15) is 0 Å². The fraction of sp³-hybridized carbons (Fsp3) is 0.727. The molecule has 15 heavy (non-hydrogen) atoms. The third kappa shape index (κ3) is 2.38. The quantitative estimate of drug-likeness (QED) is 0.854. The fourth-order valence-electron chi connectivity index (χ4n) is 2.33. The number of aromatic nitrogens is 1. The molecule has 2 unspecified atom stereocenters. The molecular weight excluding hydrogens is 206 g/mol. The van der Waals surface area contributed by atoms with Crippen LogP contribution in [0.4, 0.5) is 0 Å². The van der Waals surface area contributed by atoms with Gasteiger partial charge in [-0.1, -0.05) is 13.8 Å². The van der Waals surface area contributed by atoms with E-state index in [2.05, 4.69) is 29.1 Å². The lowest BCUT2D eigenvalue weighted by Crippen LogP contribution is -2.34. The molecule has 0 spiro atoms. The van der Waals surface area contributed by atoms with Crippen LogP contribution in [0.3, 0.4) is 0 Å². The summed E-state index contributed by atoms with van der Waals surface area (Å²) in [4.78, 5) is 6.88. The van der Waals surface area contributed by atoms with Gasteiger partial charge in [-0.25, -0.2) is 4.98 Å². The highest BCUT2D eigenvalue weighted by molar-refractivity contribution is 7.07. The van der Waals surface area contributed by atoms with Crippen molar-refractivity contribution >= 4 is 11.3 Å². The van der Waals surface area contributed by atoms with Crippen molar-refractivity contribution in [3.63, 3.8) is 0 Å². The zero-order chi connectivity index (χ0) is 10.8. The highest BCUT2D eigenvalue weighted by Crippen LogP contribution is 2.31. The zero-order valence-electron chi connectivity index (χ0n) is 9.39. The molecule has 2 N–H and O–H groups in total. The second kappa shape index (κ2) is 4.60. The Labute approximate surface area is 95.3 Å². The maximum atomic E-state index is 6.16. The van der Waals surface area contributed by atoms with E-state index in [1.54, 1.807) is 11.3 Å². The SMILES string of the molecule is CC(C)CN1CCC(N)C1c1cscn1. The molecule has 1 aliphatic heterocycles. The van der Waals surface area contributed by atoms with Gasteiger partial charge in [-0.3, -0.25) is 4.90 Å². The van der Waals surface area contributed by atoms with Gasteiger partial charge < -0.3 is 5.73 Å². The minimum Gasteiger partial charge on any atom is -0.326 e. The van der Waals surface area contributed by atoms with Crippen molar-refractivity contribution < 1.29 is 0 Å². The van der Waals surface area contributed by atoms with Crippen molar-refractivity contribution in [1.29, 1.82) is 0 Å². The molecule has 4 heteroatoms. The molecule has 2 heterocycles. The average Bonchev–Trinajstić information content (AvgIpc) is 2.74. The number of thiazole rings is 1. The van der Waals surface area contributed by atoms with E-state index in [0.29, 0.717) is 12.0 Å². The summed E-state index contributed by atoms with van der Waals surface area (Å²) < 4.78 is 0. The first kappa shape index (κ1) is 11.0. The van der Waals surface area contributed by atoms with Crippen LogP contribution in [0.2, 0.25) is 0 Å². The van der Waals surface area contributed by atoms with E-state index in [1.807, 2.05) is 5.51 Å². The third-order valence-electron chi connectivity index (χ3n) is 2.90. The Morgan fingerprint density at radius 3 is 3.07 bits per heavy atom. The summed E-state index contributed by atoms with van der Waals surface area (Å²) in [7, 11) is 0. The van der Waals surface area contributed by atoms with E-state index >= 15 is 0 Å². The summed E-state index contributed by atoms with van der Waals surface area (Å²) in [6.07, 6.45) is 1.09. The minimum absolute atomic E-state index is 0.255. The lowest BCUT2D eigenvalue weighted by atomic mass is 10.1. The summed E-state index contributed by atoms with van der Waals surface area (Å²) in [6.45, 7) is 6.74. The predicted octanol–water partition coefficient (Wildman–Crippen LogP) is 1.87. The van der Waals surface area contributed by atoms with Crippen molar-refractivity contribution in [3.8, 4) is 0 Å². The van der Waals surface area contributed by atoms with Crippen LogP contribution in [-0.2, 0) is 0 Å². The van der Waals surface area contributed by atoms with E-state index in [0.717, 1.165) is 25.2 Å². The molecular formula is C11H19N3S. The number of hydrogen-bond donors (Lipinski definition) is 1. The first-order chi connectivity index (χ1) is 7.18. The topological polar surface area (TPSA) is 42.1 Å². The van der Waals surface area contributed by atoms with Gasteiger partial charge in [0.1, 0.15) is 0 Å². The van der Waals surface area contributed by atoms with Crippen molar-refractivity contribution in [2.75, 3.05) is 13.1 Å². The van der Waals surface area contributed by atoms with Gasteiger partial charge in [0.15, 0.2) is 0 Å². The number of nitrogens with two attached hydrogens (primary N) is 1. The molecule has 1 saturated heterocycles. The predicted molar refractivity (Wildman–Crippen MR) is 63.9 cm³/mol. The molecule has 0 aliphatic carbocycles. The summed E-state index contributed by atoms with van der Waals surface area (Å²) in [6, 6.07) is 0.601. The molecule has 0 bridgehead atoms. The number of rotatable bonds is 3. The van der Waals surface area contributed by atoms with Crippen molar-refractivity contribution in [1.82, 2.24) is 9.88 Å². The Morgan fingerprint density at radius 2 is 2.47 bits per heavy atom. The molecule has 2 atom stereocenters. The van der Waals surface area contributed by atoms with E-state index in [9.17, 15) is 0 Å². The van der Waals surface area contributed by atoms with Gasteiger partial charge in [0.05, 0.1) is 17.2 Å². The monoisotopic (exact) mass is 225 g/mol. The smallest absolute Gasteiger partial charge is 0.0795 e. The van der Waals surface area contributed by atoms with Crippen LogP contribution < -0.4 is 5.73 Å². The van der Waals surface area contributed by atoms with Gasteiger partial charge in [0.25, 0.3) is 0 Å². The minimum atomic E-state index is 0.255. The van der Waals surface area contributed by atoms with Crippen LogP contribution in [0, 0.1) is 5.92 Å². The Balaban J connectivity index is 2.12. The van der Waals surface area contributed by atoms with Gasteiger partial charge >= 0.3 is 0 Å². The molecule has 2 rings (SSSR count). The Kier molecular flexibility index (Phi) is 3.38. The lowest BCUT2D eigenvalue weighted by molar-refractivity contribution is 0.218. The Morgan fingerprint density at radius 1 is 1.67 bits per heavy atom. The van der Waals surface area contributed by atoms with Crippen LogP contribution in [0.15, 0.2) is 10.9 Å². The summed E-state index contributed by atoms with van der Waals surface area (Å²) >= 11 is 1.66. The lowest BCUT2D eigenvalue weighted by Gasteiger charge is -2.26. The summed E-state index contributed by atoms with van der Waals surface area (Å²) in [5.74, 6) is 0.691. The Hall–Kier alpha value is -0.450. The molecule has 0 saturated carbocycles. The van der Waals surface area contributed by atoms with Gasteiger partial charge in [0, 0.05) is 24.5 Å². The number of nitrogens with zero attached hydrogens (tertiary/aromatic N) is 2. The number of likely N-dealkylation sites (tertiary alicyclic amines) is 1. The highest BCUT2D eigenvalue weighted by atomic mass is 32.1. The molecule has 1 aliphatic rings. The van der Waals surface area contributed by atoms with Gasteiger partial charge in [-0.15, -0.1) is 11.3 Å². The standard InChI is InChI=1S/C11H19N3S/c1-8(2)5-14-4-3-9(12)11(14)10-6-15-7-13-10/h6-9,11H,3-5,12H2,1-2H3. The molecule has 1 fully saturated rings. The molecule has 0 aromatic carbocycles. The Bertz CT molecular complexity index is 297. The molecule has 0 radical (unpaired) electrons. The van der Waals surface area contributed by atoms with E-state index in [1.165, 1.54) is 0 Å². The third-order valence-corrected chi connectivity index (χ3v) is 3.51. The maximum Gasteiger partial charge on any atom is 0.0795 e. The second-order valence-corrected chi connectivity index (χ2v) is 5.42.